The highest BCUT2D eigenvalue weighted by Crippen LogP contribution is 2.41. The fourth-order valence-corrected chi connectivity index (χ4v) is 5.42. The SMILES string of the molecule is COc1ccc2sc(Nc3sc4c(c3C#N)CCC(C)C4)nc2c1. The Labute approximate surface area is 148 Å². The molecular formula is C18H17N3OS2. The van der Waals surface area contributed by atoms with Crippen LogP contribution in [0.5, 0.6) is 5.75 Å². The number of ether oxygens (including phenoxy) is 1. The van der Waals surface area contributed by atoms with Gasteiger partial charge in [0, 0.05) is 10.9 Å². The topological polar surface area (TPSA) is 57.9 Å². The van der Waals surface area contributed by atoms with E-state index in [1.54, 1.807) is 29.8 Å². The number of hydrogen-bond donors (Lipinski definition) is 1. The van der Waals surface area contributed by atoms with E-state index in [0.29, 0.717) is 5.92 Å². The molecule has 1 N–H and O–H groups in total. The third kappa shape index (κ3) is 2.64. The molecule has 0 radical (unpaired) electrons. The third-order valence-corrected chi connectivity index (χ3v) is 6.56. The van der Waals surface area contributed by atoms with E-state index in [2.05, 4.69) is 23.3 Å². The average molecular weight is 355 g/mol. The van der Waals surface area contributed by atoms with Crippen LogP contribution in [0, 0.1) is 17.2 Å². The lowest BCUT2D eigenvalue weighted by Gasteiger charge is -2.17. The molecule has 1 aliphatic rings. The minimum absolute atomic E-state index is 0.699. The highest BCUT2D eigenvalue weighted by Gasteiger charge is 2.24. The molecule has 4 nitrogen and oxygen atoms in total. The van der Waals surface area contributed by atoms with Crippen molar-refractivity contribution in [2.75, 3.05) is 12.4 Å². The summed E-state index contributed by atoms with van der Waals surface area (Å²) in [5.74, 6) is 1.50. The molecule has 2 heterocycles. The number of aromatic nitrogens is 1. The summed E-state index contributed by atoms with van der Waals surface area (Å²) in [6.45, 7) is 2.28. The summed E-state index contributed by atoms with van der Waals surface area (Å²) in [5.41, 5.74) is 2.96. The zero-order chi connectivity index (χ0) is 16.7. The summed E-state index contributed by atoms with van der Waals surface area (Å²) < 4.78 is 6.36. The van der Waals surface area contributed by atoms with E-state index < -0.39 is 0 Å². The Morgan fingerprint density at radius 1 is 1.38 bits per heavy atom. The van der Waals surface area contributed by atoms with Gasteiger partial charge in [-0.1, -0.05) is 18.3 Å². The number of rotatable bonds is 3. The average Bonchev–Trinajstić information content (AvgIpc) is 3.13. The molecule has 0 bridgehead atoms. The zero-order valence-electron chi connectivity index (χ0n) is 13.5. The first-order valence-electron chi connectivity index (χ1n) is 7.94. The number of fused-ring (bicyclic) bond motifs is 2. The van der Waals surface area contributed by atoms with E-state index in [1.807, 2.05) is 18.2 Å². The maximum Gasteiger partial charge on any atom is 0.188 e. The standard InChI is InChI=1S/C18H17N3OS2/c1-10-3-5-12-13(9-19)17(23-16(12)7-10)21-18-20-14-8-11(22-2)4-6-15(14)24-18/h4,6,8,10H,3,5,7H2,1-2H3,(H,20,21). The largest absolute Gasteiger partial charge is 0.497 e. The van der Waals surface area contributed by atoms with Crippen LogP contribution in [-0.2, 0) is 12.8 Å². The Kier molecular flexibility index (Phi) is 3.91. The number of anilines is 2. The Hall–Kier alpha value is -2.10. The summed E-state index contributed by atoms with van der Waals surface area (Å²) in [6.07, 6.45) is 3.25. The van der Waals surface area contributed by atoms with E-state index in [1.165, 1.54) is 16.9 Å². The van der Waals surface area contributed by atoms with Gasteiger partial charge in [0.15, 0.2) is 5.13 Å². The van der Waals surface area contributed by atoms with Gasteiger partial charge in [-0.15, -0.1) is 11.3 Å². The van der Waals surface area contributed by atoms with Crippen LogP contribution in [0.15, 0.2) is 18.2 Å². The second kappa shape index (κ2) is 6.08. The van der Waals surface area contributed by atoms with Gasteiger partial charge in [0.05, 0.1) is 22.9 Å². The predicted molar refractivity (Wildman–Crippen MR) is 99.7 cm³/mol. The number of hydrogen-bond acceptors (Lipinski definition) is 6. The van der Waals surface area contributed by atoms with Gasteiger partial charge in [-0.2, -0.15) is 5.26 Å². The number of nitrogens with one attached hydrogen (secondary N) is 1. The molecule has 122 valence electrons. The number of nitriles is 1. The Morgan fingerprint density at radius 3 is 3.04 bits per heavy atom. The van der Waals surface area contributed by atoms with Crippen molar-refractivity contribution in [2.45, 2.75) is 26.2 Å². The van der Waals surface area contributed by atoms with Crippen molar-refractivity contribution in [1.29, 1.82) is 5.26 Å². The van der Waals surface area contributed by atoms with Crippen LogP contribution in [-0.4, -0.2) is 12.1 Å². The minimum atomic E-state index is 0.699. The van der Waals surface area contributed by atoms with Crippen LogP contribution < -0.4 is 10.1 Å². The van der Waals surface area contributed by atoms with Gasteiger partial charge < -0.3 is 10.1 Å². The van der Waals surface area contributed by atoms with Crippen LogP contribution in [0.25, 0.3) is 10.2 Å². The summed E-state index contributed by atoms with van der Waals surface area (Å²) in [7, 11) is 1.66. The van der Waals surface area contributed by atoms with Crippen molar-refractivity contribution in [3.8, 4) is 11.8 Å². The number of thiophene rings is 1. The number of benzene rings is 1. The third-order valence-electron chi connectivity index (χ3n) is 4.44. The maximum absolute atomic E-state index is 9.60. The van der Waals surface area contributed by atoms with E-state index in [0.717, 1.165) is 44.5 Å². The van der Waals surface area contributed by atoms with Crippen LogP contribution in [0.2, 0.25) is 0 Å². The molecular weight excluding hydrogens is 338 g/mol. The van der Waals surface area contributed by atoms with Gasteiger partial charge in [-0.3, -0.25) is 0 Å². The van der Waals surface area contributed by atoms with Crippen LogP contribution in [0.3, 0.4) is 0 Å². The van der Waals surface area contributed by atoms with E-state index in [4.69, 9.17) is 4.74 Å². The van der Waals surface area contributed by atoms with E-state index >= 15 is 0 Å². The number of thiazole rings is 1. The first-order chi connectivity index (χ1) is 11.7. The van der Waals surface area contributed by atoms with Crippen LogP contribution in [0.1, 0.15) is 29.3 Å². The smallest absolute Gasteiger partial charge is 0.188 e. The van der Waals surface area contributed by atoms with Crippen molar-refractivity contribution >= 4 is 43.0 Å². The van der Waals surface area contributed by atoms with Crippen molar-refractivity contribution in [2.24, 2.45) is 5.92 Å². The molecule has 1 unspecified atom stereocenters. The molecule has 2 aromatic heterocycles. The van der Waals surface area contributed by atoms with Crippen LogP contribution >= 0.6 is 22.7 Å². The molecule has 0 saturated carbocycles. The second-order valence-electron chi connectivity index (χ2n) is 6.15. The molecule has 6 heteroatoms. The normalized spacial score (nSPS) is 16.6. The fourth-order valence-electron chi connectivity index (χ4n) is 3.14. The first kappa shape index (κ1) is 15.4. The Balaban J connectivity index is 1.69. The summed E-state index contributed by atoms with van der Waals surface area (Å²) in [6, 6.07) is 8.29. The number of methoxy groups -OCH3 is 1. The van der Waals surface area contributed by atoms with E-state index in [-0.39, 0.29) is 0 Å². The van der Waals surface area contributed by atoms with Gasteiger partial charge in [0.25, 0.3) is 0 Å². The van der Waals surface area contributed by atoms with Crippen molar-refractivity contribution in [3.05, 3.63) is 34.2 Å². The van der Waals surface area contributed by atoms with Crippen molar-refractivity contribution in [1.82, 2.24) is 4.98 Å². The Morgan fingerprint density at radius 2 is 2.25 bits per heavy atom. The molecule has 1 aliphatic carbocycles. The molecule has 3 aromatic rings. The van der Waals surface area contributed by atoms with Gasteiger partial charge in [-0.05, 0) is 42.9 Å². The van der Waals surface area contributed by atoms with E-state index in [9.17, 15) is 5.26 Å². The molecule has 0 fully saturated rings. The molecule has 0 saturated heterocycles. The Bertz CT molecular complexity index is 951. The maximum atomic E-state index is 9.60. The molecule has 0 amide bonds. The molecule has 0 spiro atoms. The second-order valence-corrected chi connectivity index (χ2v) is 8.28. The van der Waals surface area contributed by atoms with Gasteiger partial charge in [0.2, 0.25) is 0 Å². The highest BCUT2D eigenvalue weighted by molar-refractivity contribution is 7.23. The van der Waals surface area contributed by atoms with Crippen molar-refractivity contribution in [3.63, 3.8) is 0 Å². The number of nitrogens with zero attached hydrogens (tertiary/aromatic N) is 2. The zero-order valence-corrected chi connectivity index (χ0v) is 15.2. The summed E-state index contributed by atoms with van der Waals surface area (Å²) >= 11 is 3.31. The summed E-state index contributed by atoms with van der Waals surface area (Å²) in [4.78, 5) is 5.99. The molecule has 0 aliphatic heterocycles. The van der Waals surface area contributed by atoms with Gasteiger partial charge in [0.1, 0.15) is 16.8 Å². The predicted octanol–water partition coefficient (Wildman–Crippen LogP) is 5.11. The highest BCUT2D eigenvalue weighted by atomic mass is 32.1. The van der Waals surface area contributed by atoms with Gasteiger partial charge >= 0.3 is 0 Å². The minimum Gasteiger partial charge on any atom is -0.497 e. The summed E-state index contributed by atoms with van der Waals surface area (Å²) in [5, 5.41) is 14.7. The lowest BCUT2D eigenvalue weighted by molar-refractivity contribution is 0.415. The lowest BCUT2D eigenvalue weighted by Crippen LogP contribution is -2.09. The van der Waals surface area contributed by atoms with Crippen LogP contribution in [0.4, 0.5) is 10.1 Å². The molecule has 1 aromatic carbocycles. The lowest BCUT2D eigenvalue weighted by atomic mass is 9.89. The monoisotopic (exact) mass is 355 g/mol. The quantitative estimate of drug-likeness (QED) is 0.709. The van der Waals surface area contributed by atoms with Crippen molar-refractivity contribution < 1.29 is 4.74 Å². The fraction of sp³-hybridized carbons (Fsp3) is 0.333. The molecule has 4 rings (SSSR count). The molecule has 24 heavy (non-hydrogen) atoms. The first-order valence-corrected chi connectivity index (χ1v) is 9.57. The molecule has 1 atom stereocenters. The van der Waals surface area contributed by atoms with Gasteiger partial charge in [-0.25, -0.2) is 4.98 Å².